The average Bonchev–Trinajstić information content (AvgIpc) is 3.03. The van der Waals surface area contributed by atoms with Crippen LogP contribution in [0.5, 0.6) is 0 Å². The van der Waals surface area contributed by atoms with Crippen molar-refractivity contribution in [3.8, 4) is 11.1 Å². The molecular formula is C16H15FN4O. The van der Waals surface area contributed by atoms with E-state index in [4.69, 9.17) is 0 Å². The van der Waals surface area contributed by atoms with Crippen LogP contribution in [0, 0.1) is 6.08 Å². The molecule has 0 atom stereocenters. The maximum atomic E-state index is 13.2. The van der Waals surface area contributed by atoms with Crippen molar-refractivity contribution < 1.29 is 9.18 Å². The minimum atomic E-state index is -0.646. The second kappa shape index (κ2) is 5.48. The van der Waals surface area contributed by atoms with Crippen LogP contribution in [0.4, 0.5) is 10.2 Å². The first-order chi connectivity index (χ1) is 10.5. The van der Waals surface area contributed by atoms with Crippen molar-refractivity contribution in [3.63, 3.8) is 0 Å². The van der Waals surface area contributed by atoms with Crippen LogP contribution < -0.4 is 5.32 Å². The highest BCUT2D eigenvalue weighted by molar-refractivity contribution is 6.03. The van der Waals surface area contributed by atoms with Crippen LogP contribution in [0.2, 0.25) is 0 Å². The van der Waals surface area contributed by atoms with Crippen molar-refractivity contribution in [2.45, 2.75) is 0 Å². The van der Waals surface area contributed by atoms with Gasteiger partial charge in [0.1, 0.15) is 5.69 Å². The molecule has 0 saturated heterocycles. The number of benzene rings is 1. The Morgan fingerprint density at radius 3 is 2.45 bits per heavy atom. The molecule has 0 aliphatic heterocycles. The fourth-order valence-electron chi connectivity index (χ4n) is 2.26. The third-order valence-electron chi connectivity index (χ3n) is 3.41. The summed E-state index contributed by atoms with van der Waals surface area (Å²) in [5, 5.41) is 2.59. The first kappa shape index (κ1) is 14.1. The number of amides is 1. The largest absolute Gasteiger partial charge is 0.346 e. The molecule has 3 aromatic rings. The predicted molar refractivity (Wildman–Crippen MR) is 82.0 cm³/mol. The van der Waals surface area contributed by atoms with Gasteiger partial charge in [-0.2, -0.15) is 9.37 Å². The van der Waals surface area contributed by atoms with E-state index in [1.807, 2.05) is 36.5 Å². The summed E-state index contributed by atoms with van der Waals surface area (Å²) in [6.45, 7) is 0. The summed E-state index contributed by atoms with van der Waals surface area (Å²) in [4.78, 5) is 15.9. The van der Waals surface area contributed by atoms with Crippen molar-refractivity contribution in [1.82, 2.24) is 14.1 Å². The highest BCUT2D eigenvalue weighted by Gasteiger charge is 2.15. The monoisotopic (exact) mass is 298 g/mol. The molecule has 2 heterocycles. The van der Waals surface area contributed by atoms with E-state index in [0.717, 1.165) is 11.1 Å². The zero-order chi connectivity index (χ0) is 15.7. The lowest BCUT2D eigenvalue weighted by Crippen LogP contribution is -2.15. The molecule has 2 aromatic heterocycles. The first-order valence-corrected chi connectivity index (χ1v) is 6.76. The van der Waals surface area contributed by atoms with Gasteiger partial charge in [0.05, 0.1) is 6.20 Å². The molecule has 5 nitrogen and oxygen atoms in total. The molecule has 0 radical (unpaired) electrons. The second-order valence-corrected chi connectivity index (χ2v) is 5.05. The number of hydrogen-bond acceptors (Lipinski definition) is 2. The minimum Gasteiger partial charge on any atom is -0.346 e. The fourth-order valence-corrected chi connectivity index (χ4v) is 2.26. The van der Waals surface area contributed by atoms with E-state index in [1.165, 1.54) is 17.8 Å². The molecule has 0 saturated carbocycles. The maximum Gasteiger partial charge on any atom is 0.290 e. The molecule has 1 N–H and O–H groups in total. The van der Waals surface area contributed by atoms with Gasteiger partial charge in [0.15, 0.2) is 5.82 Å². The highest BCUT2D eigenvalue weighted by Crippen LogP contribution is 2.22. The quantitative estimate of drug-likeness (QED) is 0.808. The van der Waals surface area contributed by atoms with Crippen LogP contribution in [0.15, 0.2) is 48.8 Å². The van der Waals surface area contributed by atoms with Gasteiger partial charge < -0.3 is 14.5 Å². The SMILES string of the molecule is Cn1cc(-c2ccccc2)cc1C(=O)Nc1cn(C)c(F)n1. The zero-order valence-corrected chi connectivity index (χ0v) is 12.2. The maximum absolute atomic E-state index is 13.2. The molecule has 1 amide bonds. The summed E-state index contributed by atoms with van der Waals surface area (Å²) < 4.78 is 16.1. The number of anilines is 1. The van der Waals surface area contributed by atoms with E-state index in [9.17, 15) is 9.18 Å². The Morgan fingerprint density at radius 2 is 1.82 bits per heavy atom. The summed E-state index contributed by atoms with van der Waals surface area (Å²) in [6.07, 6.45) is 2.66. The van der Waals surface area contributed by atoms with E-state index >= 15 is 0 Å². The van der Waals surface area contributed by atoms with E-state index in [-0.39, 0.29) is 11.7 Å². The molecule has 22 heavy (non-hydrogen) atoms. The Morgan fingerprint density at radius 1 is 1.09 bits per heavy atom. The molecule has 0 aliphatic rings. The van der Waals surface area contributed by atoms with Crippen LogP contribution in [-0.4, -0.2) is 20.0 Å². The highest BCUT2D eigenvalue weighted by atomic mass is 19.1. The molecule has 112 valence electrons. The van der Waals surface area contributed by atoms with Crippen molar-refractivity contribution in [2.75, 3.05) is 5.32 Å². The minimum absolute atomic E-state index is 0.187. The summed E-state index contributed by atoms with van der Waals surface area (Å²) in [7, 11) is 3.31. The normalized spacial score (nSPS) is 10.7. The topological polar surface area (TPSA) is 51.9 Å². The Labute approximate surface area is 127 Å². The molecule has 3 rings (SSSR count). The Kier molecular flexibility index (Phi) is 3.50. The Hall–Kier alpha value is -2.89. The van der Waals surface area contributed by atoms with E-state index in [2.05, 4.69) is 10.3 Å². The molecule has 6 heteroatoms. The van der Waals surface area contributed by atoms with Crippen LogP contribution in [-0.2, 0) is 14.1 Å². The zero-order valence-electron chi connectivity index (χ0n) is 12.2. The van der Waals surface area contributed by atoms with Crippen molar-refractivity contribution in [1.29, 1.82) is 0 Å². The van der Waals surface area contributed by atoms with Gasteiger partial charge in [-0.15, -0.1) is 0 Å². The summed E-state index contributed by atoms with van der Waals surface area (Å²) in [6, 6.07) is 11.6. The van der Waals surface area contributed by atoms with Gasteiger partial charge in [0.25, 0.3) is 12.0 Å². The van der Waals surface area contributed by atoms with Gasteiger partial charge >= 0.3 is 0 Å². The number of imidazole rings is 1. The Balaban J connectivity index is 1.85. The van der Waals surface area contributed by atoms with Crippen LogP contribution in [0.25, 0.3) is 11.1 Å². The predicted octanol–water partition coefficient (Wildman–Crippen LogP) is 2.82. The standard InChI is InChI=1S/C16H15FN4O/c1-20-9-12(11-6-4-3-5-7-11)8-13(20)15(22)18-14-10-21(2)16(17)19-14/h3-10H,1-2H3,(H,18,22). The molecule has 0 fully saturated rings. The van der Waals surface area contributed by atoms with Gasteiger partial charge in [-0.25, -0.2) is 0 Å². The summed E-state index contributed by atoms with van der Waals surface area (Å²) in [5.74, 6) is -0.143. The number of nitrogens with zero attached hydrogens (tertiary/aromatic N) is 3. The fraction of sp³-hybridized carbons (Fsp3) is 0.125. The van der Waals surface area contributed by atoms with Gasteiger partial charge in [0.2, 0.25) is 0 Å². The van der Waals surface area contributed by atoms with E-state index < -0.39 is 6.08 Å². The van der Waals surface area contributed by atoms with Gasteiger partial charge in [-0.1, -0.05) is 30.3 Å². The number of nitrogens with one attached hydrogen (secondary N) is 1. The lowest BCUT2D eigenvalue weighted by atomic mass is 10.1. The molecule has 0 bridgehead atoms. The molecule has 0 aliphatic carbocycles. The summed E-state index contributed by atoms with van der Waals surface area (Å²) in [5.41, 5.74) is 2.45. The van der Waals surface area contributed by atoms with E-state index in [1.54, 1.807) is 17.7 Å². The molecule has 1 aromatic carbocycles. The van der Waals surface area contributed by atoms with Gasteiger partial charge in [0, 0.05) is 25.9 Å². The van der Waals surface area contributed by atoms with Crippen molar-refractivity contribution in [2.24, 2.45) is 14.1 Å². The number of carbonyl (C=O) groups is 1. The number of rotatable bonds is 3. The number of aryl methyl sites for hydroxylation is 2. The lowest BCUT2D eigenvalue weighted by molar-refractivity contribution is 0.101. The van der Waals surface area contributed by atoms with Gasteiger partial charge in [-0.05, 0) is 11.6 Å². The first-order valence-electron chi connectivity index (χ1n) is 6.76. The Bertz CT molecular complexity index is 801. The smallest absolute Gasteiger partial charge is 0.290 e. The third-order valence-corrected chi connectivity index (χ3v) is 3.41. The van der Waals surface area contributed by atoms with Crippen molar-refractivity contribution in [3.05, 3.63) is 60.6 Å². The lowest BCUT2D eigenvalue weighted by Gasteiger charge is -2.02. The van der Waals surface area contributed by atoms with Crippen molar-refractivity contribution >= 4 is 11.7 Å². The second-order valence-electron chi connectivity index (χ2n) is 5.05. The third kappa shape index (κ3) is 2.63. The number of carbonyl (C=O) groups excluding carboxylic acids is 1. The average molecular weight is 298 g/mol. The van der Waals surface area contributed by atoms with Gasteiger partial charge in [-0.3, -0.25) is 4.79 Å². The van der Waals surface area contributed by atoms with Crippen LogP contribution in [0.3, 0.4) is 0 Å². The molecule has 0 spiro atoms. The summed E-state index contributed by atoms with van der Waals surface area (Å²) >= 11 is 0. The number of halogens is 1. The van der Waals surface area contributed by atoms with Crippen LogP contribution in [0.1, 0.15) is 10.5 Å². The van der Waals surface area contributed by atoms with E-state index in [0.29, 0.717) is 5.69 Å². The molecular weight excluding hydrogens is 283 g/mol. The van der Waals surface area contributed by atoms with Crippen LogP contribution >= 0.6 is 0 Å². The number of hydrogen-bond donors (Lipinski definition) is 1. The number of aromatic nitrogens is 3. The molecule has 0 unspecified atom stereocenters.